The number of carboxylic acids is 1. The maximum Gasteiger partial charge on any atom is 0.341 e. The molecule has 0 bridgehead atoms. The first-order valence-electron chi connectivity index (χ1n) is 5.51. The van der Waals surface area contributed by atoms with Gasteiger partial charge in [0.15, 0.2) is 6.61 Å². The molecular weight excluding hydrogens is 228 g/mol. The third-order valence-corrected chi connectivity index (χ3v) is 2.56. The fourth-order valence-electron chi connectivity index (χ4n) is 1.85. The lowest BCUT2D eigenvalue weighted by molar-refractivity contribution is -0.144. The molecule has 0 aromatic carbocycles. The fraction of sp³-hybridized carbons (Fsp3) is 0.800. The smallest absolute Gasteiger partial charge is 0.341 e. The van der Waals surface area contributed by atoms with Gasteiger partial charge in [-0.15, -0.1) is 0 Å². The first kappa shape index (κ1) is 13.7. The second kappa shape index (κ2) is 7.08. The molecule has 1 aliphatic heterocycles. The van der Waals surface area contributed by atoms with Crippen LogP contribution >= 0.6 is 0 Å². The van der Waals surface area contributed by atoms with Gasteiger partial charge in [0.2, 0.25) is 0 Å². The molecule has 0 aliphatic carbocycles. The molecule has 17 heavy (non-hydrogen) atoms. The van der Waals surface area contributed by atoms with Crippen LogP contribution in [0.1, 0.15) is 12.8 Å². The molecule has 1 fully saturated rings. The number of hydroxylamine groups is 1. The molecule has 0 saturated carbocycles. The number of hydrogen-bond acceptors (Lipinski definition) is 4. The number of nitrogens with one attached hydrogen (secondary N) is 1. The van der Waals surface area contributed by atoms with Crippen molar-refractivity contribution < 1.29 is 24.3 Å². The Labute approximate surface area is 99.6 Å². The highest BCUT2D eigenvalue weighted by Crippen LogP contribution is 2.16. The number of carbonyl (C=O) groups is 2. The van der Waals surface area contributed by atoms with E-state index in [2.05, 4.69) is 10.3 Å². The van der Waals surface area contributed by atoms with Crippen LogP contribution < -0.4 is 5.48 Å². The monoisotopic (exact) mass is 246 g/mol. The third-order valence-electron chi connectivity index (χ3n) is 2.56. The van der Waals surface area contributed by atoms with Crippen molar-refractivity contribution in [3.63, 3.8) is 0 Å². The number of aliphatic carboxylic acids is 1. The first-order chi connectivity index (χ1) is 8.13. The maximum atomic E-state index is 11.6. The lowest BCUT2D eigenvalue weighted by atomic mass is 9.99. The Kier molecular flexibility index (Phi) is 5.71. The van der Waals surface area contributed by atoms with Gasteiger partial charge in [0.1, 0.15) is 0 Å². The van der Waals surface area contributed by atoms with Crippen LogP contribution in [0.2, 0.25) is 0 Å². The van der Waals surface area contributed by atoms with Gasteiger partial charge in [-0.2, -0.15) is 0 Å². The van der Waals surface area contributed by atoms with Crippen LogP contribution in [0.15, 0.2) is 0 Å². The predicted octanol–water partition coefficient (Wildman–Crippen LogP) is 0.0706. The van der Waals surface area contributed by atoms with Crippen LogP contribution in [0.4, 0.5) is 4.79 Å². The van der Waals surface area contributed by atoms with Crippen LogP contribution in [0.25, 0.3) is 0 Å². The van der Waals surface area contributed by atoms with E-state index in [4.69, 9.17) is 9.84 Å². The standard InChI is InChI=1S/C10H18N2O5/c1-16-6-8-3-2-4-12(5-8)10(15)11-17-7-9(13)14/h8H,2-7H2,1H3,(H,11,15)(H,13,14). The Morgan fingerprint density at radius 2 is 2.29 bits per heavy atom. The van der Waals surface area contributed by atoms with E-state index in [1.165, 1.54) is 0 Å². The summed E-state index contributed by atoms with van der Waals surface area (Å²) in [4.78, 5) is 27.9. The minimum atomic E-state index is -1.12. The van der Waals surface area contributed by atoms with Crippen LogP contribution in [0.5, 0.6) is 0 Å². The summed E-state index contributed by atoms with van der Waals surface area (Å²) in [5.41, 5.74) is 2.11. The van der Waals surface area contributed by atoms with E-state index in [9.17, 15) is 9.59 Å². The van der Waals surface area contributed by atoms with Gasteiger partial charge in [-0.05, 0) is 12.8 Å². The second-order valence-electron chi connectivity index (χ2n) is 4.00. The normalized spacial score (nSPS) is 20.1. The molecule has 2 amide bonds. The highest BCUT2D eigenvalue weighted by molar-refractivity contribution is 5.73. The Bertz CT molecular complexity index is 269. The van der Waals surface area contributed by atoms with Crippen LogP contribution in [0, 0.1) is 5.92 Å². The van der Waals surface area contributed by atoms with E-state index < -0.39 is 18.6 Å². The number of likely N-dealkylation sites (tertiary alicyclic amines) is 1. The summed E-state index contributed by atoms with van der Waals surface area (Å²) in [6.07, 6.45) is 1.95. The Morgan fingerprint density at radius 1 is 1.53 bits per heavy atom. The van der Waals surface area contributed by atoms with Crippen molar-refractivity contribution in [3.8, 4) is 0 Å². The number of rotatable bonds is 5. The molecule has 0 radical (unpaired) electrons. The van der Waals surface area contributed by atoms with Crippen LogP contribution in [-0.2, 0) is 14.4 Å². The van der Waals surface area contributed by atoms with Gasteiger partial charge in [-0.1, -0.05) is 0 Å². The van der Waals surface area contributed by atoms with Gasteiger partial charge in [0, 0.05) is 26.1 Å². The Balaban J connectivity index is 2.28. The zero-order chi connectivity index (χ0) is 12.7. The van der Waals surface area contributed by atoms with E-state index in [0.717, 1.165) is 12.8 Å². The van der Waals surface area contributed by atoms with Gasteiger partial charge in [-0.25, -0.2) is 15.1 Å². The number of nitrogens with zero attached hydrogens (tertiary/aromatic N) is 1. The minimum Gasteiger partial charge on any atom is -0.479 e. The summed E-state index contributed by atoms with van der Waals surface area (Å²) in [5, 5.41) is 8.34. The average molecular weight is 246 g/mol. The number of hydrogen-bond donors (Lipinski definition) is 2. The van der Waals surface area contributed by atoms with Gasteiger partial charge < -0.3 is 14.7 Å². The van der Waals surface area contributed by atoms with E-state index in [0.29, 0.717) is 25.6 Å². The largest absolute Gasteiger partial charge is 0.479 e. The van der Waals surface area contributed by atoms with Gasteiger partial charge >= 0.3 is 12.0 Å². The van der Waals surface area contributed by atoms with Gasteiger partial charge in [0.25, 0.3) is 0 Å². The van der Waals surface area contributed by atoms with Crippen LogP contribution in [-0.4, -0.2) is 55.4 Å². The van der Waals surface area contributed by atoms with Crippen molar-refractivity contribution >= 4 is 12.0 Å². The zero-order valence-electron chi connectivity index (χ0n) is 9.85. The molecule has 1 unspecified atom stereocenters. The Hall–Kier alpha value is -1.34. The summed E-state index contributed by atoms with van der Waals surface area (Å²) in [6.45, 7) is 1.35. The summed E-state index contributed by atoms with van der Waals surface area (Å²) >= 11 is 0. The molecule has 1 saturated heterocycles. The lowest BCUT2D eigenvalue weighted by Crippen LogP contribution is -2.46. The fourth-order valence-corrected chi connectivity index (χ4v) is 1.85. The summed E-state index contributed by atoms with van der Waals surface area (Å²) < 4.78 is 5.05. The number of methoxy groups -OCH3 is 1. The molecule has 0 aromatic rings. The molecular formula is C10H18N2O5. The highest BCUT2D eigenvalue weighted by atomic mass is 16.7. The topological polar surface area (TPSA) is 88.1 Å². The van der Waals surface area contributed by atoms with Crippen molar-refractivity contribution in [2.75, 3.05) is 33.4 Å². The molecule has 7 nitrogen and oxygen atoms in total. The van der Waals surface area contributed by atoms with Gasteiger partial charge in [-0.3, -0.25) is 4.84 Å². The second-order valence-corrected chi connectivity index (χ2v) is 4.00. The molecule has 0 aromatic heterocycles. The van der Waals surface area contributed by atoms with Crippen molar-refractivity contribution in [2.45, 2.75) is 12.8 Å². The molecule has 1 atom stereocenters. The molecule has 0 spiro atoms. The third kappa shape index (κ3) is 5.01. The summed E-state index contributed by atoms with van der Waals surface area (Å²) in [5.74, 6) is -0.792. The zero-order valence-corrected chi connectivity index (χ0v) is 9.85. The first-order valence-corrected chi connectivity index (χ1v) is 5.51. The molecule has 2 N–H and O–H groups in total. The van der Waals surface area contributed by atoms with E-state index >= 15 is 0 Å². The van der Waals surface area contributed by atoms with Crippen molar-refractivity contribution in [1.82, 2.24) is 10.4 Å². The van der Waals surface area contributed by atoms with Crippen molar-refractivity contribution in [1.29, 1.82) is 0 Å². The van der Waals surface area contributed by atoms with Crippen molar-refractivity contribution in [3.05, 3.63) is 0 Å². The number of piperidine rings is 1. The lowest BCUT2D eigenvalue weighted by Gasteiger charge is -2.32. The number of urea groups is 1. The summed E-state index contributed by atoms with van der Waals surface area (Å²) in [7, 11) is 1.63. The molecule has 98 valence electrons. The number of ether oxygens (including phenoxy) is 1. The molecule has 1 rings (SSSR count). The minimum absolute atomic E-state index is 0.332. The van der Waals surface area contributed by atoms with E-state index in [1.807, 2.05) is 0 Å². The van der Waals surface area contributed by atoms with Crippen LogP contribution in [0.3, 0.4) is 0 Å². The molecule has 1 aliphatic rings. The quantitative estimate of drug-likeness (QED) is 0.670. The molecule has 1 heterocycles. The number of carbonyl (C=O) groups excluding carboxylic acids is 1. The van der Waals surface area contributed by atoms with Crippen molar-refractivity contribution in [2.24, 2.45) is 5.92 Å². The van der Waals surface area contributed by atoms with E-state index in [1.54, 1.807) is 12.0 Å². The predicted molar refractivity (Wildman–Crippen MR) is 58.3 cm³/mol. The number of amides is 2. The highest BCUT2D eigenvalue weighted by Gasteiger charge is 2.23. The van der Waals surface area contributed by atoms with Gasteiger partial charge in [0.05, 0.1) is 6.61 Å². The SMILES string of the molecule is COCC1CCCN(C(=O)NOCC(=O)O)C1. The maximum absolute atomic E-state index is 11.6. The Morgan fingerprint density at radius 3 is 2.94 bits per heavy atom. The average Bonchev–Trinajstić information content (AvgIpc) is 2.29. The molecule has 7 heteroatoms. The summed E-state index contributed by atoms with van der Waals surface area (Å²) in [6, 6.07) is -0.396. The van der Waals surface area contributed by atoms with E-state index in [-0.39, 0.29) is 0 Å². The number of carboxylic acid groups (broad SMARTS) is 1.